The SMILES string of the molecule is Cc1nc(N2CCC(Cc3ccccc3)CC2)c2oc3ccccc3c2n1.Cl. The molecule has 0 N–H and O–H groups in total. The predicted molar refractivity (Wildman–Crippen MR) is 116 cm³/mol. The minimum absolute atomic E-state index is 0. The Kier molecular flexibility index (Phi) is 5.23. The number of anilines is 1. The molecule has 5 rings (SSSR count). The van der Waals surface area contributed by atoms with Gasteiger partial charge in [0.15, 0.2) is 11.4 Å². The van der Waals surface area contributed by atoms with Crippen LogP contribution in [0.5, 0.6) is 0 Å². The van der Waals surface area contributed by atoms with Gasteiger partial charge >= 0.3 is 0 Å². The van der Waals surface area contributed by atoms with E-state index in [0.29, 0.717) is 0 Å². The van der Waals surface area contributed by atoms with Gasteiger partial charge < -0.3 is 9.32 Å². The quantitative estimate of drug-likeness (QED) is 0.456. The van der Waals surface area contributed by atoms with Crippen LogP contribution >= 0.6 is 12.4 Å². The second-order valence-corrected chi connectivity index (χ2v) is 7.49. The van der Waals surface area contributed by atoms with Gasteiger partial charge in [-0.1, -0.05) is 42.5 Å². The number of hydrogen-bond donors (Lipinski definition) is 0. The molecular formula is C23H24ClN3O. The van der Waals surface area contributed by atoms with Gasteiger partial charge in [-0.2, -0.15) is 0 Å². The fourth-order valence-electron chi connectivity index (χ4n) is 4.20. The molecule has 2 aromatic carbocycles. The first-order chi connectivity index (χ1) is 13.3. The summed E-state index contributed by atoms with van der Waals surface area (Å²) in [7, 11) is 0. The molecule has 0 unspecified atom stereocenters. The Bertz CT molecular complexity index is 1090. The van der Waals surface area contributed by atoms with Crippen LogP contribution in [0.1, 0.15) is 24.2 Å². The molecule has 1 saturated heterocycles. The first-order valence-corrected chi connectivity index (χ1v) is 9.73. The van der Waals surface area contributed by atoms with Gasteiger partial charge in [0.05, 0.1) is 0 Å². The van der Waals surface area contributed by atoms with Crippen molar-refractivity contribution in [1.82, 2.24) is 9.97 Å². The maximum absolute atomic E-state index is 6.15. The summed E-state index contributed by atoms with van der Waals surface area (Å²) in [4.78, 5) is 11.8. The zero-order chi connectivity index (χ0) is 18.2. The molecule has 0 bridgehead atoms. The third kappa shape index (κ3) is 3.45. The normalized spacial score (nSPS) is 15.1. The summed E-state index contributed by atoms with van der Waals surface area (Å²) in [6.45, 7) is 3.99. The van der Waals surface area contributed by atoms with Crippen molar-refractivity contribution < 1.29 is 4.42 Å². The van der Waals surface area contributed by atoms with Crippen LogP contribution in [-0.4, -0.2) is 23.1 Å². The molecule has 144 valence electrons. The lowest BCUT2D eigenvalue weighted by Gasteiger charge is -2.32. The van der Waals surface area contributed by atoms with Gasteiger partial charge in [-0.05, 0) is 49.8 Å². The molecule has 0 spiro atoms. The van der Waals surface area contributed by atoms with Crippen LogP contribution in [0.3, 0.4) is 0 Å². The molecule has 28 heavy (non-hydrogen) atoms. The van der Waals surface area contributed by atoms with Crippen LogP contribution in [0.25, 0.3) is 22.1 Å². The van der Waals surface area contributed by atoms with E-state index in [1.807, 2.05) is 25.1 Å². The van der Waals surface area contributed by atoms with Crippen molar-refractivity contribution >= 4 is 40.3 Å². The van der Waals surface area contributed by atoms with Gasteiger partial charge in [-0.25, -0.2) is 9.97 Å². The second-order valence-electron chi connectivity index (χ2n) is 7.49. The minimum Gasteiger partial charge on any atom is -0.450 e. The molecule has 0 atom stereocenters. The van der Waals surface area contributed by atoms with Crippen LogP contribution in [0, 0.1) is 12.8 Å². The lowest BCUT2D eigenvalue weighted by atomic mass is 9.90. The van der Waals surface area contributed by atoms with Crippen molar-refractivity contribution in [3.63, 3.8) is 0 Å². The molecule has 1 aliphatic heterocycles. The lowest BCUT2D eigenvalue weighted by Crippen LogP contribution is -2.35. The van der Waals surface area contributed by atoms with E-state index in [-0.39, 0.29) is 12.4 Å². The number of fused-ring (bicyclic) bond motifs is 3. The highest BCUT2D eigenvalue weighted by atomic mass is 35.5. The van der Waals surface area contributed by atoms with Gasteiger partial charge in [0.1, 0.15) is 16.9 Å². The summed E-state index contributed by atoms with van der Waals surface area (Å²) in [5, 5.41) is 1.07. The average molecular weight is 394 g/mol. The number of halogens is 1. The van der Waals surface area contributed by atoms with Crippen LogP contribution in [0.2, 0.25) is 0 Å². The highest BCUT2D eigenvalue weighted by molar-refractivity contribution is 6.05. The number of hydrogen-bond acceptors (Lipinski definition) is 4. The number of rotatable bonds is 3. The van der Waals surface area contributed by atoms with Crippen LogP contribution in [0.15, 0.2) is 59.0 Å². The van der Waals surface area contributed by atoms with Crippen molar-refractivity contribution in [1.29, 1.82) is 0 Å². The molecular weight excluding hydrogens is 370 g/mol. The molecule has 0 amide bonds. The van der Waals surface area contributed by atoms with Gasteiger partial charge in [0, 0.05) is 18.5 Å². The van der Waals surface area contributed by atoms with Crippen molar-refractivity contribution in [2.75, 3.05) is 18.0 Å². The molecule has 1 aliphatic rings. The first kappa shape index (κ1) is 18.8. The molecule has 2 aromatic heterocycles. The van der Waals surface area contributed by atoms with Crippen molar-refractivity contribution in [3.05, 3.63) is 66.0 Å². The maximum atomic E-state index is 6.15. The van der Waals surface area contributed by atoms with Crippen molar-refractivity contribution in [3.8, 4) is 0 Å². The van der Waals surface area contributed by atoms with Gasteiger partial charge in [-0.3, -0.25) is 0 Å². The summed E-state index contributed by atoms with van der Waals surface area (Å²) < 4.78 is 6.15. The minimum atomic E-state index is 0. The summed E-state index contributed by atoms with van der Waals surface area (Å²) in [6.07, 6.45) is 3.52. The van der Waals surface area contributed by atoms with E-state index in [9.17, 15) is 0 Å². The molecule has 3 heterocycles. The topological polar surface area (TPSA) is 42.2 Å². The molecule has 1 fully saturated rings. The van der Waals surface area contributed by atoms with E-state index >= 15 is 0 Å². The lowest BCUT2D eigenvalue weighted by molar-refractivity contribution is 0.402. The van der Waals surface area contributed by atoms with Gasteiger partial charge in [0.25, 0.3) is 0 Å². The Morgan fingerprint density at radius 1 is 0.964 bits per heavy atom. The standard InChI is InChI=1S/C23H23N3O.ClH/c1-16-24-21-19-9-5-6-10-20(19)27-22(21)23(25-16)26-13-11-18(12-14-26)15-17-7-3-2-4-8-17;/h2-10,18H,11-15H2,1H3;1H. The molecule has 0 radical (unpaired) electrons. The monoisotopic (exact) mass is 393 g/mol. The van der Waals surface area contributed by atoms with E-state index in [4.69, 9.17) is 9.40 Å². The molecule has 4 aromatic rings. The third-order valence-electron chi connectivity index (χ3n) is 5.59. The van der Waals surface area contributed by atoms with Crippen LogP contribution in [-0.2, 0) is 6.42 Å². The van der Waals surface area contributed by atoms with E-state index in [0.717, 1.165) is 59.1 Å². The predicted octanol–water partition coefficient (Wildman–Crippen LogP) is 5.57. The number of nitrogens with zero attached hydrogens (tertiary/aromatic N) is 3. The smallest absolute Gasteiger partial charge is 0.196 e. The van der Waals surface area contributed by atoms with Gasteiger partial charge in [0.2, 0.25) is 0 Å². The summed E-state index contributed by atoms with van der Waals surface area (Å²) in [5.74, 6) is 2.49. The fraction of sp³-hybridized carbons (Fsp3) is 0.304. The molecule has 0 saturated carbocycles. The highest BCUT2D eigenvalue weighted by Gasteiger charge is 2.24. The number of benzene rings is 2. The molecule has 4 nitrogen and oxygen atoms in total. The number of aryl methyl sites for hydroxylation is 1. The number of piperidine rings is 1. The summed E-state index contributed by atoms with van der Waals surface area (Å²) in [6, 6.07) is 18.9. The fourth-order valence-corrected chi connectivity index (χ4v) is 4.20. The Labute approximate surface area is 171 Å². The van der Waals surface area contributed by atoms with Crippen LogP contribution in [0.4, 0.5) is 5.82 Å². The summed E-state index contributed by atoms with van der Waals surface area (Å²) in [5.41, 5.74) is 4.07. The second kappa shape index (κ2) is 7.80. The number of furan rings is 1. The van der Waals surface area contributed by atoms with E-state index < -0.39 is 0 Å². The Morgan fingerprint density at radius 2 is 1.68 bits per heavy atom. The molecule has 0 aliphatic carbocycles. The van der Waals surface area contributed by atoms with E-state index in [1.165, 1.54) is 18.4 Å². The zero-order valence-corrected chi connectivity index (χ0v) is 16.8. The Hall–Kier alpha value is -2.59. The maximum Gasteiger partial charge on any atom is 0.196 e. The highest BCUT2D eigenvalue weighted by Crippen LogP contribution is 2.34. The van der Waals surface area contributed by atoms with Crippen molar-refractivity contribution in [2.45, 2.75) is 26.2 Å². The third-order valence-corrected chi connectivity index (χ3v) is 5.59. The van der Waals surface area contributed by atoms with Crippen LogP contribution < -0.4 is 4.90 Å². The van der Waals surface area contributed by atoms with Crippen molar-refractivity contribution in [2.24, 2.45) is 5.92 Å². The average Bonchev–Trinajstić information content (AvgIpc) is 3.07. The summed E-state index contributed by atoms with van der Waals surface area (Å²) >= 11 is 0. The number of para-hydroxylation sites is 1. The molecule has 5 heteroatoms. The number of aromatic nitrogens is 2. The Balaban J connectivity index is 0.00000192. The van der Waals surface area contributed by atoms with Gasteiger partial charge in [-0.15, -0.1) is 12.4 Å². The zero-order valence-electron chi connectivity index (χ0n) is 16.0. The van der Waals surface area contributed by atoms with E-state index in [2.05, 4.69) is 46.3 Å². The Morgan fingerprint density at radius 3 is 2.46 bits per heavy atom. The largest absolute Gasteiger partial charge is 0.450 e. The first-order valence-electron chi connectivity index (χ1n) is 9.73. The van der Waals surface area contributed by atoms with E-state index in [1.54, 1.807) is 0 Å².